The first-order valence-electron chi connectivity index (χ1n) is 2.82. The lowest BCUT2D eigenvalue weighted by atomic mass is 10.5. The van der Waals surface area contributed by atoms with E-state index in [4.69, 9.17) is 5.73 Å². The quantitative estimate of drug-likeness (QED) is 0.506. The summed E-state index contributed by atoms with van der Waals surface area (Å²) in [5, 5.41) is 0. The van der Waals surface area contributed by atoms with Gasteiger partial charge < -0.3 is 5.73 Å². The molecule has 0 amide bonds. The second-order valence-corrected chi connectivity index (χ2v) is 2.14. The topological polar surface area (TPSA) is 26.0 Å². The lowest BCUT2D eigenvalue weighted by Crippen LogP contribution is -1.96. The van der Waals surface area contributed by atoms with Crippen LogP contribution < -0.4 is 5.73 Å². The molecule has 1 radical (unpaired) electrons. The van der Waals surface area contributed by atoms with Gasteiger partial charge in [-0.3, -0.25) is 0 Å². The van der Waals surface area contributed by atoms with E-state index >= 15 is 0 Å². The highest BCUT2D eigenvalue weighted by atomic mass is 28.1. The fourth-order valence-electron chi connectivity index (χ4n) is 0.204. The van der Waals surface area contributed by atoms with Crippen LogP contribution in [0.25, 0.3) is 0 Å². The zero-order valence-electron chi connectivity index (χ0n) is 5.41. The van der Waals surface area contributed by atoms with Crippen molar-refractivity contribution >= 4 is 10.2 Å². The van der Waals surface area contributed by atoms with Crippen molar-refractivity contribution in [1.29, 1.82) is 0 Å². The van der Waals surface area contributed by atoms with Gasteiger partial charge in [-0.1, -0.05) is 19.9 Å². The van der Waals surface area contributed by atoms with Crippen molar-refractivity contribution in [3.05, 3.63) is 6.92 Å². The van der Waals surface area contributed by atoms with Gasteiger partial charge in [-0.15, -0.1) is 0 Å². The Bertz CT molecular complexity index is 15.6. The molecule has 0 aliphatic heterocycles. The minimum absolute atomic E-state index is 0.878. The second-order valence-electron chi connectivity index (χ2n) is 1.14. The number of rotatable bonds is 2. The Hall–Kier alpha value is 0.177. The Morgan fingerprint density at radius 2 is 2.00 bits per heavy atom. The Morgan fingerprint density at radius 3 is 2.00 bits per heavy atom. The normalized spacial score (nSPS) is 7.29. The smallest absolute Gasteiger partial charge is 0.00286 e. The van der Waals surface area contributed by atoms with Crippen LogP contribution in [0, 0.1) is 6.92 Å². The van der Waals surface area contributed by atoms with Gasteiger partial charge in [0.15, 0.2) is 0 Å². The SMILES string of the molecule is NCCC[SiH3].[CH2]C. The van der Waals surface area contributed by atoms with E-state index in [2.05, 4.69) is 6.92 Å². The molecular formula is C5H16NSi. The molecule has 7 heavy (non-hydrogen) atoms. The van der Waals surface area contributed by atoms with Crippen molar-refractivity contribution in [1.82, 2.24) is 0 Å². The van der Waals surface area contributed by atoms with E-state index in [1.807, 2.05) is 0 Å². The van der Waals surface area contributed by atoms with Crippen molar-refractivity contribution in [3.8, 4) is 0 Å². The van der Waals surface area contributed by atoms with Crippen LogP contribution in [0.3, 0.4) is 0 Å². The van der Waals surface area contributed by atoms with Crippen LogP contribution in [0.15, 0.2) is 0 Å². The zero-order chi connectivity index (χ0) is 6.12. The third kappa shape index (κ3) is 22.7. The second kappa shape index (κ2) is 16.4. The molecule has 45 valence electrons. The van der Waals surface area contributed by atoms with Crippen LogP contribution in [-0.4, -0.2) is 16.8 Å². The minimum Gasteiger partial charge on any atom is -0.330 e. The molecule has 0 bridgehead atoms. The molecule has 2 heteroatoms. The molecule has 0 heterocycles. The van der Waals surface area contributed by atoms with Gasteiger partial charge in [-0.2, -0.15) is 0 Å². The molecule has 1 nitrogen and oxygen atoms in total. The molecule has 0 saturated carbocycles. The fourth-order valence-corrected chi connectivity index (χ4v) is 0.612. The van der Waals surface area contributed by atoms with E-state index in [1.165, 1.54) is 22.7 Å². The van der Waals surface area contributed by atoms with Crippen LogP contribution in [0.2, 0.25) is 6.04 Å². The molecule has 0 aromatic carbocycles. The lowest BCUT2D eigenvalue weighted by Gasteiger charge is -1.80. The maximum absolute atomic E-state index is 5.16. The summed E-state index contributed by atoms with van der Waals surface area (Å²) < 4.78 is 0. The molecule has 0 rings (SSSR count). The summed E-state index contributed by atoms with van der Waals surface area (Å²) in [6.45, 7) is 5.88. The average Bonchev–Trinajstić information content (AvgIpc) is 1.75. The van der Waals surface area contributed by atoms with Gasteiger partial charge in [-0.25, -0.2) is 0 Å². The third-order valence-corrected chi connectivity index (χ3v) is 1.26. The number of hydrogen-bond acceptors (Lipinski definition) is 1. The Morgan fingerprint density at radius 1 is 1.57 bits per heavy atom. The minimum atomic E-state index is 0.878. The summed E-state index contributed by atoms with van der Waals surface area (Å²) in [5.74, 6) is 0. The maximum Gasteiger partial charge on any atom is 0.00286 e. The fraction of sp³-hybridized carbons (Fsp3) is 0.800. The van der Waals surface area contributed by atoms with E-state index in [-0.39, 0.29) is 0 Å². The van der Waals surface area contributed by atoms with Gasteiger partial charge in [0.2, 0.25) is 0 Å². The first-order valence-corrected chi connectivity index (χ1v) is 4.24. The molecule has 0 unspecified atom stereocenters. The molecule has 0 aliphatic rings. The Balaban J connectivity index is 0. The number of nitrogens with two attached hydrogens (primary N) is 1. The molecule has 0 aromatic heterocycles. The van der Waals surface area contributed by atoms with Crippen molar-refractivity contribution in [2.75, 3.05) is 6.54 Å². The van der Waals surface area contributed by atoms with E-state index in [1.54, 1.807) is 6.92 Å². The molecule has 0 atom stereocenters. The standard InChI is InChI=1S/C3H11NSi.C2H5/c4-2-1-3-5;1-2/h1-4H2,5H3;1H2,2H3. The first kappa shape index (κ1) is 10.2. The highest BCUT2D eigenvalue weighted by Crippen LogP contribution is 1.74. The monoisotopic (exact) mass is 118 g/mol. The van der Waals surface area contributed by atoms with E-state index in [0.29, 0.717) is 0 Å². The van der Waals surface area contributed by atoms with E-state index < -0.39 is 0 Å². The Labute approximate surface area is 49.7 Å². The van der Waals surface area contributed by atoms with Crippen molar-refractivity contribution in [2.24, 2.45) is 5.73 Å². The highest BCUT2D eigenvalue weighted by molar-refractivity contribution is 6.08. The van der Waals surface area contributed by atoms with Crippen molar-refractivity contribution in [2.45, 2.75) is 19.4 Å². The van der Waals surface area contributed by atoms with Crippen molar-refractivity contribution in [3.63, 3.8) is 0 Å². The van der Waals surface area contributed by atoms with Crippen LogP contribution in [0.1, 0.15) is 13.3 Å². The van der Waals surface area contributed by atoms with Gasteiger partial charge in [-0.05, 0) is 13.0 Å². The van der Waals surface area contributed by atoms with Crippen LogP contribution >= 0.6 is 0 Å². The summed E-state index contributed by atoms with van der Waals surface area (Å²) in [7, 11) is 1.32. The molecule has 0 fully saturated rings. The molecule has 0 aliphatic carbocycles. The van der Waals surface area contributed by atoms with Gasteiger partial charge in [0.1, 0.15) is 0 Å². The average molecular weight is 118 g/mol. The van der Waals surface area contributed by atoms with Gasteiger partial charge in [0.25, 0.3) is 0 Å². The van der Waals surface area contributed by atoms with Crippen LogP contribution in [-0.2, 0) is 0 Å². The van der Waals surface area contributed by atoms with Crippen LogP contribution in [0.4, 0.5) is 0 Å². The summed E-state index contributed by atoms with van der Waals surface area (Å²) in [6.07, 6.45) is 1.23. The zero-order valence-corrected chi connectivity index (χ0v) is 7.41. The van der Waals surface area contributed by atoms with Gasteiger partial charge in [0, 0.05) is 10.2 Å². The lowest BCUT2D eigenvalue weighted by molar-refractivity contribution is 0.930. The summed E-state index contributed by atoms with van der Waals surface area (Å²) in [5.41, 5.74) is 5.16. The molecular weight excluding hydrogens is 102 g/mol. The van der Waals surface area contributed by atoms with E-state index in [9.17, 15) is 0 Å². The Kier molecular flexibility index (Phi) is 23.9. The van der Waals surface area contributed by atoms with E-state index in [0.717, 1.165) is 6.54 Å². The predicted molar refractivity (Wildman–Crippen MR) is 39.4 cm³/mol. The molecule has 2 N–H and O–H groups in total. The summed E-state index contributed by atoms with van der Waals surface area (Å²) in [6, 6.07) is 1.36. The van der Waals surface area contributed by atoms with Crippen molar-refractivity contribution < 1.29 is 0 Å². The summed E-state index contributed by atoms with van der Waals surface area (Å²) >= 11 is 0. The first-order chi connectivity index (χ1) is 3.41. The van der Waals surface area contributed by atoms with Gasteiger partial charge in [0.05, 0.1) is 0 Å². The molecule has 0 saturated heterocycles. The number of hydrogen-bond donors (Lipinski definition) is 1. The largest absolute Gasteiger partial charge is 0.330 e. The predicted octanol–water partition coefficient (Wildman–Crippen LogP) is -0.0407. The maximum atomic E-state index is 5.16. The third-order valence-electron chi connectivity index (χ3n) is 0.558. The molecule has 0 aromatic rings. The highest BCUT2D eigenvalue weighted by Gasteiger charge is 1.68. The van der Waals surface area contributed by atoms with Crippen LogP contribution in [0.5, 0.6) is 0 Å². The molecule has 0 spiro atoms. The van der Waals surface area contributed by atoms with Gasteiger partial charge >= 0.3 is 0 Å². The summed E-state index contributed by atoms with van der Waals surface area (Å²) in [4.78, 5) is 0.